The summed E-state index contributed by atoms with van der Waals surface area (Å²) in [6.07, 6.45) is 0.246. The molecular formula is C14H22N4O3. The van der Waals surface area contributed by atoms with E-state index < -0.39 is 5.60 Å². The number of amidine groups is 1. The van der Waals surface area contributed by atoms with Gasteiger partial charge in [-0.25, -0.2) is 9.79 Å². The summed E-state index contributed by atoms with van der Waals surface area (Å²) in [4.78, 5) is 27.5. The Kier molecular flexibility index (Phi) is 4.29. The fourth-order valence-electron chi connectivity index (χ4n) is 2.36. The van der Waals surface area contributed by atoms with E-state index in [0.29, 0.717) is 19.5 Å². The first-order valence-electron chi connectivity index (χ1n) is 6.97. The summed E-state index contributed by atoms with van der Waals surface area (Å²) in [5, 5.41) is 3.97. The van der Waals surface area contributed by atoms with Crippen LogP contribution in [0.5, 0.6) is 0 Å². The Morgan fingerprint density at radius 3 is 2.67 bits per heavy atom. The van der Waals surface area contributed by atoms with Gasteiger partial charge in [0, 0.05) is 6.42 Å². The highest BCUT2D eigenvalue weighted by Gasteiger charge is 2.39. The molecule has 0 aliphatic carbocycles. The molecule has 21 heavy (non-hydrogen) atoms. The molecule has 0 N–H and O–H groups in total. The van der Waals surface area contributed by atoms with Crippen LogP contribution in [0.4, 0.5) is 4.79 Å². The quantitative estimate of drug-likeness (QED) is 0.730. The molecule has 1 fully saturated rings. The topological polar surface area (TPSA) is 75.9 Å². The Balaban J connectivity index is 2.17. The minimum absolute atomic E-state index is 0.157. The number of rotatable bonds is 2. The first-order chi connectivity index (χ1) is 9.80. The van der Waals surface area contributed by atoms with Crippen molar-refractivity contribution in [1.82, 2.24) is 4.90 Å². The number of hydrogen-bond acceptors (Lipinski definition) is 6. The third-order valence-corrected chi connectivity index (χ3v) is 3.17. The molecule has 2 aliphatic rings. The lowest BCUT2D eigenvalue weighted by atomic mass is 10.1. The first-order valence-corrected chi connectivity index (χ1v) is 6.97. The van der Waals surface area contributed by atoms with E-state index in [4.69, 9.17) is 9.57 Å². The van der Waals surface area contributed by atoms with Crippen LogP contribution in [-0.2, 0) is 9.57 Å². The van der Waals surface area contributed by atoms with Crippen LogP contribution in [0.15, 0.2) is 15.1 Å². The number of aliphatic imine (C=N–C) groups is 2. The summed E-state index contributed by atoms with van der Waals surface area (Å²) in [5.74, 6) is 0.742. The Labute approximate surface area is 124 Å². The zero-order chi connectivity index (χ0) is 15.6. The van der Waals surface area contributed by atoms with Gasteiger partial charge in [-0.15, -0.1) is 0 Å². The molecule has 0 spiro atoms. The van der Waals surface area contributed by atoms with Crippen LogP contribution in [0.2, 0.25) is 0 Å². The number of likely N-dealkylation sites (tertiary alicyclic amines) is 1. The van der Waals surface area contributed by atoms with E-state index in [1.165, 1.54) is 7.11 Å². The molecular weight excluding hydrogens is 272 g/mol. The SMILES string of the molecule is CO/N=C1\C[C@@H](C2=NC(C)=NC2)N(C(=O)OC(C)(C)C)C1. The maximum absolute atomic E-state index is 12.4. The zero-order valence-corrected chi connectivity index (χ0v) is 13.2. The normalized spacial score (nSPS) is 24.1. The van der Waals surface area contributed by atoms with Crippen molar-refractivity contribution in [2.75, 3.05) is 20.2 Å². The summed E-state index contributed by atoms with van der Waals surface area (Å²) in [5.41, 5.74) is 1.15. The second-order valence-electron chi connectivity index (χ2n) is 6.13. The van der Waals surface area contributed by atoms with Crippen molar-refractivity contribution >= 4 is 23.4 Å². The molecule has 0 unspecified atom stereocenters. The minimum atomic E-state index is -0.535. The van der Waals surface area contributed by atoms with Crippen molar-refractivity contribution in [3.05, 3.63) is 0 Å². The Morgan fingerprint density at radius 2 is 2.14 bits per heavy atom. The molecule has 0 saturated carbocycles. The molecule has 0 aromatic heterocycles. The van der Waals surface area contributed by atoms with Crippen molar-refractivity contribution in [2.24, 2.45) is 15.1 Å². The predicted molar refractivity (Wildman–Crippen MR) is 81.2 cm³/mol. The summed E-state index contributed by atoms with van der Waals surface area (Å²) in [7, 11) is 1.50. The van der Waals surface area contributed by atoms with E-state index in [1.54, 1.807) is 4.90 Å². The molecule has 116 valence electrons. The van der Waals surface area contributed by atoms with Crippen LogP contribution >= 0.6 is 0 Å². The maximum Gasteiger partial charge on any atom is 0.411 e. The monoisotopic (exact) mass is 294 g/mol. The van der Waals surface area contributed by atoms with Crippen molar-refractivity contribution in [3.8, 4) is 0 Å². The third-order valence-electron chi connectivity index (χ3n) is 3.17. The van der Waals surface area contributed by atoms with Gasteiger partial charge in [0.15, 0.2) is 0 Å². The fourth-order valence-corrected chi connectivity index (χ4v) is 2.36. The van der Waals surface area contributed by atoms with Crippen LogP contribution < -0.4 is 0 Å². The number of carbonyl (C=O) groups excluding carboxylic acids is 1. The number of hydrogen-bond donors (Lipinski definition) is 0. The lowest BCUT2D eigenvalue weighted by Gasteiger charge is -2.28. The molecule has 0 bridgehead atoms. The van der Waals surface area contributed by atoms with Crippen molar-refractivity contribution in [2.45, 2.75) is 45.8 Å². The number of amides is 1. The van der Waals surface area contributed by atoms with Crippen LogP contribution in [-0.4, -0.2) is 60.1 Å². The number of nitrogens with zero attached hydrogens (tertiary/aromatic N) is 4. The molecule has 2 heterocycles. The van der Waals surface area contributed by atoms with Crippen LogP contribution in [0, 0.1) is 0 Å². The van der Waals surface area contributed by atoms with Gasteiger partial charge in [-0.2, -0.15) is 0 Å². The standard InChI is InChI=1S/C14H22N4O3/c1-9-15-7-11(16-9)12-6-10(17-20-5)8-18(12)13(19)21-14(2,3)4/h12H,6-8H2,1-5H3/b17-10+/t12-/m0/s1. The van der Waals surface area contributed by atoms with Gasteiger partial charge in [0.05, 0.1) is 30.6 Å². The summed E-state index contributed by atoms with van der Waals surface area (Å²) >= 11 is 0. The minimum Gasteiger partial charge on any atom is -0.444 e. The van der Waals surface area contributed by atoms with Crippen LogP contribution in [0.3, 0.4) is 0 Å². The molecule has 1 atom stereocenters. The van der Waals surface area contributed by atoms with E-state index in [0.717, 1.165) is 17.3 Å². The molecule has 2 aliphatic heterocycles. The number of oxime groups is 1. The Hall–Kier alpha value is -1.92. The van der Waals surface area contributed by atoms with Crippen molar-refractivity contribution in [1.29, 1.82) is 0 Å². The Bertz CT molecular complexity index is 517. The molecule has 1 amide bonds. The van der Waals surface area contributed by atoms with Crippen molar-refractivity contribution in [3.63, 3.8) is 0 Å². The van der Waals surface area contributed by atoms with E-state index in [9.17, 15) is 4.79 Å². The lowest BCUT2D eigenvalue weighted by Crippen LogP contribution is -2.43. The summed E-state index contributed by atoms with van der Waals surface area (Å²) in [6.45, 7) is 8.31. The van der Waals surface area contributed by atoms with E-state index >= 15 is 0 Å². The average Bonchev–Trinajstić information content (AvgIpc) is 2.93. The third kappa shape index (κ3) is 3.80. The van der Waals surface area contributed by atoms with Gasteiger partial charge in [-0.1, -0.05) is 5.16 Å². The maximum atomic E-state index is 12.4. The zero-order valence-electron chi connectivity index (χ0n) is 13.2. The molecule has 0 aromatic rings. The van der Waals surface area contributed by atoms with Gasteiger partial charge in [0.2, 0.25) is 0 Å². The molecule has 2 rings (SSSR count). The van der Waals surface area contributed by atoms with Crippen LogP contribution in [0.1, 0.15) is 34.1 Å². The van der Waals surface area contributed by atoms with Gasteiger partial charge in [-0.3, -0.25) is 9.89 Å². The average molecular weight is 294 g/mol. The first kappa shape index (κ1) is 15.5. The van der Waals surface area contributed by atoms with Gasteiger partial charge >= 0.3 is 6.09 Å². The van der Waals surface area contributed by atoms with Crippen LogP contribution in [0.25, 0.3) is 0 Å². The number of ether oxygens (including phenoxy) is 1. The largest absolute Gasteiger partial charge is 0.444 e. The Morgan fingerprint density at radius 1 is 1.43 bits per heavy atom. The number of carbonyl (C=O) groups is 1. The highest BCUT2D eigenvalue weighted by Crippen LogP contribution is 2.22. The lowest BCUT2D eigenvalue weighted by molar-refractivity contribution is 0.0272. The van der Waals surface area contributed by atoms with Gasteiger partial charge in [0.1, 0.15) is 18.5 Å². The second-order valence-corrected chi connectivity index (χ2v) is 6.13. The molecule has 0 aromatic carbocycles. The summed E-state index contributed by atoms with van der Waals surface area (Å²) < 4.78 is 5.46. The molecule has 0 radical (unpaired) electrons. The van der Waals surface area contributed by atoms with Gasteiger partial charge < -0.3 is 9.57 Å². The van der Waals surface area contributed by atoms with Crippen molar-refractivity contribution < 1.29 is 14.4 Å². The fraction of sp³-hybridized carbons (Fsp3) is 0.714. The highest BCUT2D eigenvalue weighted by atomic mass is 16.6. The second kappa shape index (κ2) is 5.83. The molecule has 7 nitrogen and oxygen atoms in total. The highest BCUT2D eigenvalue weighted by molar-refractivity contribution is 6.10. The smallest absolute Gasteiger partial charge is 0.411 e. The van der Waals surface area contributed by atoms with Gasteiger partial charge in [-0.05, 0) is 27.7 Å². The molecule has 1 saturated heterocycles. The molecule has 7 heteroatoms. The van der Waals surface area contributed by atoms with E-state index in [1.807, 2.05) is 27.7 Å². The predicted octanol–water partition coefficient (Wildman–Crippen LogP) is 1.87. The summed E-state index contributed by atoms with van der Waals surface area (Å²) in [6, 6.07) is -0.157. The van der Waals surface area contributed by atoms with E-state index in [2.05, 4.69) is 15.1 Å². The van der Waals surface area contributed by atoms with Gasteiger partial charge in [0.25, 0.3) is 0 Å². The van der Waals surface area contributed by atoms with E-state index in [-0.39, 0.29) is 12.1 Å².